The zero-order chi connectivity index (χ0) is 20.1. The van der Waals surface area contributed by atoms with E-state index in [-0.39, 0.29) is 5.78 Å². The fourth-order valence-electron chi connectivity index (χ4n) is 4.31. The highest BCUT2D eigenvalue weighted by molar-refractivity contribution is 5.95. The molecule has 0 spiro atoms. The smallest absolute Gasteiger partial charge is 0.213 e. The van der Waals surface area contributed by atoms with Crippen molar-refractivity contribution >= 4 is 5.78 Å². The zero-order valence-electron chi connectivity index (χ0n) is 17.5. The van der Waals surface area contributed by atoms with E-state index in [1.165, 1.54) is 49.0 Å². The molecule has 1 saturated carbocycles. The quantitative estimate of drug-likeness (QED) is 0.614. The van der Waals surface area contributed by atoms with Crippen LogP contribution >= 0.6 is 0 Å². The lowest BCUT2D eigenvalue weighted by atomic mass is 9.91. The summed E-state index contributed by atoms with van der Waals surface area (Å²) in [7, 11) is 0. The molecule has 4 rings (SSSR count). The van der Waals surface area contributed by atoms with E-state index in [1.54, 1.807) is 12.3 Å². The van der Waals surface area contributed by atoms with Crippen molar-refractivity contribution in [1.29, 1.82) is 0 Å². The van der Waals surface area contributed by atoms with Gasteiger partial charge in [-0.1, -0.05) is 31.5 Å². The number of Topliss-reactive ketones (excluding diaryl/α,β-unsaturated/α-hetero) is 1. The van der Waals surface area contributed by atoms with Crippen LogP contribution in [-0.4, -0.2) is 41.4 Å². The zero-order valence-corrected chi connectivity index (χ0v) is 17.5. The van der Waals surface area contributed by atoms with Crippen LogP contribution in [0.4, 0.5) is 0 Å². The fourth-order valence-corrected chi connectivity index (χ4v) is 4.31. The molecule has 154 valence electrons. The largest absolute Gasteiger partial charge is 0.478 e. The minimum Gasteiger partial charge on any atom is -0.478 e. The van der Waals surface area contributed by atoms with Crippen molar-refractivity contribution in [2.75, 3.05) is 19.7 Å². The first-order valence-corrected chi connectivity index (χ1v) is 11.2. The summed E-state index contributed by atoms with van der Waals surface area (Å²) in [6, 6.07) is 11.3. The van der Waals surface area contributed by atoms with Gasteiger partial charge in [-0.2, -0.15) is 0 Å². The average molecular weight is 393 g/mol. The number of aromatic nitrogens is 1. The van der Waals surface area contributed by atoms with Crippen LogP contribution in [-0.2, 0) is 19.3 Å². The number of nitrogens with zero attached hydrogens (tertiary/aromatic N) is 2. The highest BCUT2D eigenvalue weighted by Crippen LogP contribution is 2.27. The molecular weight excluding hydrogens is 360 g/mol. The normalized spacial score (nSPS) is 17.3. The van der Waals surface area contributed by atoms with Gasteiger partial charge in [0.15, 0.2) is 5.78 Å². The minimum absolute atomic E-state index is 0.144. The van der Waals surface area contributed by atoms with Crippen LogP contribution in [0.2, 0.25) is 0 Å². The Morgan fingerprint density at radius 1 is 1.14 bits per heavy atom. The number of pyridine rings is 1. The highest BCUT2D eigenvalue weighted by Gasteiger charge is 2.26. The van der Waals surface area contributed by atoms with Crippen LogP contribution in [0, 0.1) is 0 Å². The fraction of sp³-hybridized carbons (Fsp3) is 0.520. The standard InChI is InChI=1S/C25H32N2O2/c1-2-16-29-25-11-9-22(18-26-25)24(28)10-7-19-6-8-20-12-14-27(23-4-3-5-23)15-13-21(20)17-19/h6,8-9,11,17-18,23H,2-5,7,10,12-16H2,1H3. The molecule has 1 aromatic carbocycles. The molecule has 1 aliphatic heterocycles. The molecule has 29 heavy (non-hydrogen) atoms. The molecule has 4 heteroatoms. The Morgan fingerprint density at radius 2 is 1.97 bits per heavy atom. The molecule has 0 bridgehead atoms. The van der Waals surface area contributed by atoms with E-state index in [0.717, 1.165) is 31.7 Å². The minimum atomic E-state index is 0.144. The maximum atomic E-state index is 12.6. The van der Waals surface area contributed by atoms with E-state index < -0.39 is 0 Å². The van der Waals surface area contributed by atoms with Crippen LogP contribution < -0.4 is 4.74 Å². The Morgan fingerprint density at radius 3 is 2.66 bits per heavy atom. The molecule has 1 aromatic heterocycles. The lowest BCUT2D eigenvalue weighted by Crippen LogP contribution is -2.41. The SMILES string of the molecule is CCCOc1ccc(C(=O)CCc2ccc3c(c2)CCN(C2CCC2)CC3)cn1. The van der Waals surface area contributed by atoms with Gasteiger partial charge in [-0.05, 0) is 61.3 Å². The molecule has 0 saturated heterocycles. The summed E-state index contributed by atoms with van der Waals surface area (Å²) >= 11 is 0. The Kier molecular flexibility index (Phi) is 6.60. The van der Waals surface area contributed by atoms with Crippen LogP contribution in [0.5, 0.6) is 5.88 Å². The first-order valence-electron chi connectivity index (χ1n) is 11.2. The number of benzene rings is 1. The summed E-state index contributed by atoms with van der Waals surface area (Å²) in [5.41, 5.74) is 4.91. The highest BCUT2D eigenvalue weighted by atomic mass is 16.5. The van der Waals surface area contributed by atoms with Crippen LogP contribution in [0.1, 0.15) is 66.1 Å². The van der Waals surface area contributed by atoms with Crippen molar-refractivity contribution in [1.82, 2.24) is 9.88 Å². The topological polar surface area (TPSA) is 42.4 Å². The van der Waals surface area contributed by atoms with E-state index in [2.05, 4.69) is 35.0 Å². The lowest BCUT2D eigenvalue weighted by Gasteiger charge is -2.36. The molecule has 2 heterocycles. The Hall–Kier alpha value is -2.20. The Balaban J connectivity index is 1.32. The van der Waals surface area contributed by atoms with Gasteiger partial charge >= 0.3 is 0 Å². The monoisotopic (exact) mass is 392 g/mol. The number of carbonyl (C=O) groups is 1. The van der Waals surface area contributed by atoms with Crippen LogP contribution in [0.25, 0.3) is 0 Å². The molecule has 4 nitrogen and oxygen atoms in total. The maximum absolute atomic E-state index is 12.6. The molecule has 1 aliphatic carbocycles. The first-order chi connectivity index (χ1) is 14.2. The molecule has 1 fully saturated rings. The summed E-state index contributed by atoms with van der Waals surface area (Å²) < 4.78 is 5.49. The Labute approximate surface area is 174 Å². The molecule has 0 N–H and O–H groups in total. The van der Waals surface area contributed by atoms with Crippen molar-refractivity contribution in [3.63, 3.8) is 0 Å². The predicted octanol–water partition coefficient (Wildman–Crippen LogP) is 4.64. The number of carbonyl (C=O) groups excluding carboxylic acids is 1. The number of ketones is 1. The van der Waals surface area contributed by atoms with Gasteiger partial charge in [0.2, 0.25) is 5.88 Å². The van der Waals surface area contributed by atoms with Crippen molar-refractivity contribution in [2.45, 2.75) is 64.3 Å². The van der Waals surface area contributed by atoms with E-state index >= 15 is 0 Å². The van der Waals surface area contributed by atoms with E-state index in [9.17, 15) is 4.79 Å². The van der Waals surface area contributed by atoms with Gasteiger partial charge in [-0.15, -0.1) is 0 Å². The number of hydrogen-bond acceptors (Lipinski definition) is 4. The number of ether oxygens (including phenoxy) is 1. The summed E-state index contributed by atoms with van der Waals surface area (Å²) in [4.78, 5) is 19.5. The predicted molar refractivity (Wildman–Crippen MR) is 116 cm³/mol. The van der Waals surface area contributed by atoms with Gasteiger partial charge in [0.1, 0.15) is 0 Å². The third-order valence-electron chi connectivity index (χ3n) is 6.35. The van der Waals surface area contributed by atoms with Crippen LogP contribution in [0.15, 0.2) is 36.5 Å². The second kappa shape index (κ2) is 9.53. The van der Waals surface area contributed by atoms with Gasteiger partial charge < -0.3 is 4.74 Å². The summed E-state index contributed by atoms with van der Waals surface area (Å²) in [5.74, 6) is 0.732. The number of hydrogen-bond donors (Lipinski definition) is 0. The first kappa shape index (κ1) is 20.1. The lowest BCUT2D eigenvalue weighted by molar-refractivity contribution is 0.0982. The number of aryl methyl sites for hydroxylation is 1. The molecular formula is C25H32N2O2. The van der Waals surface area contributed by atoms with E-state index in [1.807, 2.05) is 6.07 Å². The van der Waals surface area contributed by atoms with E-state index in [0.29, 0.717) is 24.5 Å². The van der Waals surface area contributed by atoms with Gasteiger partial charge in [0.25, 0.3) is 0 Å². The summed E-state index contributed by atoms with van der Waals surface area (Å²) in [5, 5.41) is 0. The molecule has 2 aliphatic rings. The summed E-state index contributed by atoms with van der Waals surface area (Å²) in [6.45, 7) is 5.08. The van der Waals surface area contributed by atoms with Crippen molar-refractivity contribution < 1.29 is 9.53 Å². The van der Waals surface area contributed by atoms with Gasteiger partial charge in [-0.25, -0.2) is 4.98 Å². The molecule has 0 amide bonds. The van der Waals surface area contributed by atoms with Crippen molar-refractivity contribution in [3.05, 3.63) is 58.8 Å². The molecule has 0 radical (unpaired) electrons. The number of rotatable bonds is 8. The Bertz CT molecular complexity index is 827. The third kappa shape index (κ3) is 5.05. The second-order valence-corrected chi connectivity index (χ2v) is 8.38. The van der Waals surface area contributed by atoms with Crippen molar-refractivity contribution in [2.24, 2.45) is 0 Å². The summed E-state index contributed by atoms with van der Waals surface area (Å²) in [6.07, 6.45) is 10.3. The second-order valence-electron chi connectivity index (χ2n) is 8.38. The third-order valence-corrected chi connectivity index (χ3v) is 6.35. The van der Waals surface area contributed by atoms with Crippen LogP contribution in [0.3, 0.4) is 0 Å². The average Bonchev–Trinajstić information content (AvgIpc) is 2.92. The molecule has 2 aromatic rings. The maximum Gasteiger partial charge on any atom is 0.213 e. The van der Waals surface area contributed by atoms with Crippen molar-refractivity contribution in [3.8, 4) is 5.88 Å². The van der Waals surface area contributed by atoms with Gasteiger partial charge in [0, 0.05) is 43.4 Å². The van der Waals surface area contributed by atoms with Gasteiger partial charge in [0.05, 0.1) is 6.61 Å². The molecule has 0 unspecified atom stereocenters. The van der Waals surface area contributed by atoms with Gasteiger partial charge in [-0.3, -0.25) is 9.69 Å². The molecule has 0 atom stereocenters. The number of fused-ring (bicyclic) bond motifs is 1. The van der Waals surface area contributed by atoms with E-state index in [4.69, 9.17) is 4.74 Å².